The van der Waals surface area contributed by atoms with Crippen molar-refractivity contribution in [3.63, 3.8) is 0 Å². The Hall–Kier alpha value is -2.38. The first-order valence-corrected chi connectivity index (χ1v) is 7.22. The van der Waals surface area contributed by atoms with Crippen LogP contribution in [0.4, 0.5) is 0 Å². The molecule has 0 fully saturated rings. The van der Waals surface area contributed by atoms with Gasteiger partial charge in [-0.1, -0.05) is 23.7 Å². The largest absolute Gasteiger partial charge is 0.494 e. The zero-order chi connectivity index (χ0) is 16.8. The normalized spacial score (nSPS) is 10.4. The van der Waals surface area contributed by atoms with Gasteiger partial charge in [0.25, 0.3) is 5.56 Å². The summed E-state index contributed by atoms with van der Waals surface area (Å²) in [6.07, 6.45) is 0. The van der Waals surface area contributed by atoms with Gasteiger partial charge in [-0.25, -0.2) is 4.68 Å². The molecule has 1 aromatic heterocycles. The Kier molecular flexibility index (Phi) is 5.72. The molecule has 0 spiro atoms. The second kappa shape index (κ2) is 7.75. The van der Waals surface area contributed by atoms with Crippen LogP contribution in [-0.4, -0.2) is 41.1 Å². The molecule has 0 radical (unpaired) electrons. The Bertz CT molecular complexity index is 743. The van der Waals surface area contributed by atoms with Gasteiger partial charge in [0, 0.05) is 23.2 Å². The second-order valence-electron chi connectivity index (χ2n) is 4.64. The van der Waals surface area contributed by atoms with Gasteiger partial charge < -0.3 is 15.2 Å². The highest BCUT2D eigenvalue weighted by molar-refractivity contribution is 6.30. The number of hydrogen-bond acceptors (Lipinski definition) is 5. The molecule has 1 heterocycles. The highest BCUT2D eigenvalue weighted by atomic mass is 35.5. The van der Waals surface area contributed by atoms with Crippen LogP contribution < -0.4 is 15.6 Å². The number of ether oxygens (including phenoxy) is 1. The Labute approximate surface area is 137 Å². The van der Waals surface area contributed by atoms with Crippen LogP contribution in [0.15, 0.2) is 35.1 Å². The first kappa shape index (κ1) is 17.0. The maximum atomic E-state index is 12.0. The molecule has 0 aliphatic heterocycles. The molecule has 0 saturated heterocycles. The summed E-state index contributed by atoms with van der Waals surface area (Å²) < 4.78 is 6.23. The lowest BCUT2D eigenvalue weighted by Crippen LogP contribution is -2.35. The molecule has 0 aliphatic rings. The average molecular weight is 338 g/mol. The predicted molar refractivity (Wildman–Crippen MR) is 85.6 cm³/mol. The Morgan fingerprint density at radius 1 is 1.39 bits per heavy atom. The topological polar surface area (TPSA) is 93.5 Å². The summed E-state index contributed by atoms with van der Waals surface area (Å²) in [6.45, 7) is -0.302. The van der Waals surface area contributed by atoms with E-state index in [4.69, 9.17) is 21.4 Å². The van der Waals surface area contributed by atoms with Crippen LogP contribution in [-0.2, 0) is 11.3 Å². The van der Waals surface area contributed by atoms with E-state index in [0.717, 1.165) is 4.68 Å². The number of hydrogen-bond donors (Lipinski definition) is 2. The van der Waals surface area contributed by atoms with Gasteiger partial charge in [0.05, 0.1) is 13.7 Å². The fraction of sp³-hybridized carbons (Fsp3) is 0.267. The van der Waals surface area contributed by atoms with Crippen molar-refractivity contribution in [2.45, 2.75) is 6.54 Å². The molecule has 0 unspecified atom stereocenters. The molecule has 8 heteroatoms. The van der Waals surface area contributed by atoms with E-state index in [1.165, 1.54) is 13.2 Å². The van der Waals surface area contributed by atoms with Crippen LogP contribution in [0.1, 0.15) is 0 Å². The summed E-state index contributed by atoms with van der Waals surface area (Å²) in [5.41, 5.74) is 0.674. The third kappa shape index (κ3) is 4.30. The van der Waals surface area contributed by atoms with Gasteiger partial charge in [-0.05, 0) is 12.1 Å². The van der Waals surface area contributed by atoms with Crippen molar-refractivity contribution in [1.82, 2.24) is 15.1 Å². The maximum absolute atomic E-state index is 12.0. The number of benzene rings is 1. The maximum Gasteiger partial charge on any atom is 0.270 e. The zero-order valence-corrected chi connectivity index (χ0v) is 13.2. The number of aromatic nitrogens is 2. The number of carbonyl (C=O) groups is 1. The molecule has 2 rings (SSSR count). The number of nitrogens with one attached hydrogen (secondary N) is 1. The van der Waals surface area contributed by atoms with Crippen LogP contribution >= 0.6 is 11.6 Å². The summed E-state index contributed by atoms with van der Waals surface area (Å²) in [5, 5.41) is 15.9. The molecule has 122 valence electrons. The minimum absolute atomic E-state index is 0.119. The lowest BCUT2D eigenvalue weighted by Gasteiger charge is -2.11. The highest BCUT2D eigenvalue weighted by Gasteiger charge is 2.13. The summed E-state index contributed by atoms with van der Waals surface area (Å²) in [4.78, 5) is 23.7. The fourth-order valence-corrected chi connectivity index (χ4v) is 2.06. The number of halogens is 1. The van der Waals surface area contributed by atoms with E-state index in [1.54, 1.807) is 24.3 Å². The summed E-state index contributed by atoms with van der Waals surface area (Å²) in [6, 6.07) is 8.15. The molecule has 0 saturated carbocycles. The summed E-state index contributed by atoms with van der Waals surface area (Å²) in [5.74, 6) is -0.106. The summed E-state index contributed by atoms with van der Waals surface area (Å²) in [7, 11) is 1.44. The van der Waals surface area contributed by atoms with Gasteiger partial charge in [-0.15, -0.1) is 0 Å². The standard InChI is InChI=1S/C15H16ClN3O4/c1-23-12-8-14(22)19(9-13(21)17-6-7-20)18-15(12)10-2-4-11(16)5-3-10/h2-5,8,20H,6-7,9H2,1H3,(H,17,21). The van der Waals surface area contributed by atoms with E-state index in [1.807, 2.05) is 0 Å². The number of rotatable bonds is 6. The minimum atomic E-state index is -0.460. The lowest BCUT2D eigenvalue weighted by molar-refractivity contribution is -0.122. The third-order valence-corrected chi connectivity index (χ3v) is 3.28. The van der Waals surface area contributed by atoms with Crippen LogP contribution in [0.3, 0.4) is 0 Å². The van der Waals surface area contributed by atoms with Crippen LogP contribution in [0.25, 0.3) is 11.3 Å². The van der Waals surface area contributed by atoms with Gasteiger partial charge in [0.15, 0.2) is 5.75 Å². The SMILES string of the molecule is COc1cc(=O)n(CC(=O)NCCO)nc1-c1ccc(Cl)cc1. The molecule has 23 heavy (non-hydrogen) atoms. The lowest BCUT2D eigenvalue weighted by atomic mass is 10.1. The smallest absolute Gasteiger partial charge is 0.270 e. The van der Waals surface area contributed by atoms with Crippen LogP contribution in [0.2, 0.25) is 5.02 Å². The first-order chi connectivity index (χ1) is 11.0. The number of methoxy groups -OCH3 is 1. The van der Waals surface area contributed by atoms with Gasteiger partial charge >= 0.3 is 0 Å². The van der Waals surface area contributed by atoms with Gasteiger partial charge in [-0.2, -0.15) is 5.10 Å². The van der Waals surface area contributed by atoms with E-state index >= 15 is 0 Å². The number of nitrogens with zero attached hydrogens (tertiary/aromatic N) is 2. The Morgan fingerprint density at radius 2 is 2.09 bits per heavy atom. The van der Waals surface area contributed by atoms with Crippen molar-refractivity contribution in [3.05, 3.63) is 45.7 Å². The third-order valence-electron chi connectivity index (χ3n) is 3.03. The molecule has 1 amide bonds. The zero-order valence-electron chi connectivity index (χ0n) is 12.5. The van der Waals surface area contributed by atoms with E-state index < -0.39 is 11.5 Å². The number of aliphatic hydroxyl groups is 1. The van der Waals surface area contributed by atoms with Crippen molar-refractivity contribution in [2.75, 3.05) is 20.3 Å². The monoisotopic (exact) mass is 337 g/mol. The fourth-order valence-electron chi connectivity index (χ4n) is 1.94. The van der Waals surface area contributed by atoms with Gasteiger partial charge in [0.1, 0.15) is 12.2 Å². The molecular formula is C15H16ClN3O4. The van der Waals surface area contributed by atoms with Crippen LogP contribution in [0, 0.1) is 0 Å². The van der Waals surface area contributed by atoms with E-state index in [0.29, 0.717) is 22.0 Å². The quantitative estimate of drug-likeness (QED) is 0.808. The highest BCUT2D eigenvalue weighted by Crippen LogP contribution is 2.26. The molecule has 7 nitrogen and oxygen atoms in total. The molecule has 2 aromatic rings. The Morgan fingerprint density at radius 3 is 2.70 bits per heavy atom. The molecule has 0 atom stereocenters. The number of aliphatic hydroxyl groups excluding tert-OH is 1. The van der Waals surface area contributed by atoms with Crippen molar-refractivity contribution in [2.24, 2.45) is 0 Å². The van der Waals surface area contributed by atoms with Crippen molar-refractivity contribution in [1.29, 1.82) is 0 Å². The van der Waals surface area contributed by atoms with Gasteiger partial charge in [-0.3, -0.25) is 9.59 Å². The predicted octanol–water partition coefficient (Wildman–Crippen LogP) is 0.681. The summed E-state index contributed by atoms with van der Waals surface area (Å²) >= 11 is 5.87. The van der Waals surface area contributed by atoms with Crippen molar-refractivity contribution >= 4 is 17.5 Å². The minimum Gasteiger partial charge on any atom is -0.494 e. The number of amides is 1. The average Bonchev–Trinajstić information content (AvgIpc) is 2.55. The molecule has 0 aliphatic carbocycles. The van der Waals surface area contributed by atoms with Crippen LogP contribution in [0.5, 0.6) is 5.75 Å². The van der Waals surface area contributed by atoms with Gasteiger partial charge in [0.2, 0.25) is 5.91 Å². The van der Waals surface area contributed by atoms with E-state index in [-0.39, 0.29) is 19.7 Å². The second-order valence-corrected chi connectivity index (χ2v) is 5.07. The Balaban J connectivity index is 2.38. The first-order valence-electron chi connectivity index (χ1n) is 6.85. The van der Waals surface area contributed by atoms with E-state index in [9.17, 15) is 9.59 Å². The van der Waals surface area contributed by atoms with Crippen molar-refractivity contribution < 1.29 is 14.6 Å². The molecule has 0 bridgehead atoms. The van der Waals surface area contributed by atoms with Crippen molar-refractivity contribution in [3.8, 4) is 17.0 Å². The molecule has 2 N–H and O–H groups in total. The van der Waals surface area contributed by atoms with E-state index in [2.05, 4.69) is 10.4 Å². The molecular weight excluding hydrogens is 322 g/mol. The molecule has 1 aromatic carbocycles. The number of carbonyl (C=O) groups excluding carboxylic acids is 1.